The second kappa shape index (κ2) is 5.01. The highest BCUT2D eigenvalue weighted by Crippen LogP contribution is 2.35. The predicted octanol–water partition coefficient (Wildman–Crippen LogP) is 4.81. The van der Waals surface area contributed by atoms with Gasteiger partial charge < -0.3 is 4.90 Å². The average molecular weight is 241 g/mol. The molecule has 0 bridgehead atoms. The summed E-state index contributed by atoms with van der Waals surface area (Å²) in [5.41, 5.74) is 2.82. The van der Waals surface area contributed by atoms with Gasteiger partial charge in [0.05, 0.1) is 0 Å². The minimum Gasteiger partial charge on any atom is -0.371 e. The largest absolute Gasteiger partial charge is 0.371 e. The Morgan fingerprint density at radius 1 is 0.889 bits per heavy atom. The van der Waals surface area contributed by atoms with Crippen molar-refractivity contribution in [2.45, 2.75) is 39.7 Å². The molecule has 0 heterocycles. The van der Waals surface area contributed by atoms with Crippen molar-refractivity contribution < 1.29 is 0 Å². The van der Waals surface area contributed by atoms with Gasteiger partial charge in [-0.3, -0.25) is 0 Å². The molecule has 1 heteroatoms. The van der Waals surface area contributed by atoms with Crippen LogP contribution >= 0.6 is 0 Å². The van der Waals surface area contributed by atoms with Crippen molar-refractivity contribution >= 4 is 16.5 Å². The first-order chi connectivity index (χ1) is 8.52. The van der Waals surface area contributed by atoms with Crippen molar-refractivity contribution in [1.29, 1.82) is 0 Å². The molecule has 0 N–H and O–H groups in total. The fraction of sp³-hybridized carbons (Fsp3) is 0.412. The van der Waals surface area contributed by atoms with Crippen molar-refractivity contribution in [2.75, 3.05) is 11.9 Å². The SMILES string of the molecule is CC(C)c1ccc2ccccc2c1N(C)C(C)C. The monoisotopic (exact) mass is 241 g/mol. The van der Waals surface area contributed by atoms with Crippen molar-refractivity contribution in [2.24, 2.45) is 0 Å². The standard InChI is InChI=1S/C17H23N/c1-12(2)15-11-10-14-8-6-7-9-16(14)17(15)18(5)13(3)4/h6-13H,1-5H3. The maximum atomic E-state index is 2.39. The molecular formula is C17H23N. The maximum absolute atomic E-state index is 2.39. The van der Waals surface area contributed by atoms with Gasteiger partial charge >= 0.3 is 0 Å². The number of hydrogen-bond donors (Lipinski definition) is 0. The number of nitrogens with zero attached hydrogens (tertiary/aromatic N) is 1. The van der Waals surface area contributed by atoms with Gasteiger partial charge in [0.2, 0.25) is 0 Å². The van der Waals surface area contributed by atoms with E-state index in [1.807, 2.05) is 0 Å². The predicted molar refractivity (Wildman–Crippen MR) is 81.6 cm³/mol. The normalized spacial score (nSPS) is 11.5. The lowest BCUT2D eigenvalue weighted by molar-refractivity contribution is 0.744. The van der Waals surface area contributed by atoms with Crippen molar-refractivity contribution in [3.63, 3.8) is 0 Å². The summed E-state index contributed by atoms with van der Waals surface area (Å²) in [5.74, 6) is 0.547. The molecule has 18 heavy (non-hydrogen) atoms. The van der Waals surface area contributed by atoms with Crippen LogP contribution in [-0.2, 0) is 0 Å². The van der Waals surface area contributed by atoms with E-state index in [4.69, 9.17) is 0 Å². The molecule has 0 amide bonds. The Morgan fingerprint density at radius 2 is 1.56 bits per heavy atom. The lowest BCUT2D eigenvalue weighted by atomic mass is 9.95. The summed E-state index contributed by atoms with van der Waals surface area (Å²) in [5, 5.41) is 2.68. The van der Waals surface area contributed by atoms with E-state index in [1.54, 1.807) is 0 Å². The highest BCUT2D eigenvalue weighted by Gasteiger charge is 2.15. The van der Waals surface area contributed by atoms with E-state index >= 15 is 0 Å². The Morgan fingerprint density at radius 3 is 2.17 bits per heavy atom. The lowest BCUT2D eigenvalue weighted by Crippen LogP contribution is -2.27. The number of hydrogen-bond acceptors (Lipinski definition) is 1. The van der Waals surface area contributed by atoms with Crippen LogP contribution in [-0.4, -0.2) is 13.1 Å². The van der Waals surface area contributed by atoms with Crippen LogP contribution in [0.1, 0.15) is 39.2 Å². The van der Waals surface area contributed by atoms with Gasteiger partial charge in [0.25, 0.3) is 0 Å². The first-order valence-electron chi connectivity index (χ1n) is 6.77. The average Bonchev–Trinajstić information content (AvgIpc) is 2.36. The fourth-order valence-electron chi connectivity index (χ4n) is 2.39. The van der Waals surface area contributed by atoms with Crippen LogP contribution in [0.3, 0.4) is 0 Å². The molecule has 2 aromatic carbocycles. The highest BCUT2D eigenvalue weighted by atomic mass is 15.1. The second-order valence-electron chi connectivity index (χ2n) is 5.58. The molecular weight excluding hydrogens is 218 g/mol. The molecule has 0 atom stereocenters. The highest BCUT2D eigenvalue weighted by molar-refractivity contribution is 5.96. The minimum atomic E-state index is 0.508. The van der Waals surface area contributed by atoms with E-state index in [-0.39, 0.29) is 0 Å². The molecule has 96 valence electrons. The molecule has 0 aliphatic rings. The number of fused-ring (bicyclic) bond motifs is 1. The molecule has 1 nitrogen and oxygen atoms in total. The van der Waals surface area contributed by atoms with E-state index in [0.717, 1.165) is 0 Å². The summed E-state index contributed by atoms with van der Waals surface area (Å²) in [6.45, 7) is 9.02. The quantitative estimate of drug-likeness (QED) is 0.745. The van der Waals surface area contributed by atoms with Crippen LogP contribution in [0.4, 0.5) is 5.69 Å². The zero-order valence-electron chi connectivity index (χ0n) is 12.1. The molecule has 0 aromatic heterocycles. The summed E-state index contributed by atoms with van der Waals surface area (Å²) in [7, 11) is 2.19. The Hall–Kier alpha value is -1.50. The van der Waals surface area contributed by atoms with E-state index in [2.05, 4.69) is 76.0 Å². The Labute approximate surface area is 110 Å². The zero-order chi connectivity index (χ0) is 13.3. The smallest absolute Gasteiger partial charge is 0.0480 e. The van der Waals surface area contributed by atoms with Crippen molar-refractivity contribution in [3.8, 4) is 0 Å². The van der Waals surface area contributed by atoms with Crippen molar-refractivity contribution in [3.05, 3.63) is 42.0 Å². The van der Waals surface area contributed by atoms with Crippen LogP contribution in [0, 0.1) is 0 Å². The number of rotatable bonds is 3. The first kappa shape index (κ1) is 12.9. The van der Waals surface area contributed by atoms with E-state index in [1.165, 1.54) is 22.0 Å². The maximum Gasteiger partial charge on any atom is 0.0480 e. The molecule has 0 aliphatic carbocycles. The van der Waals surface area contributed by atoms with Gasteiger partial charge in [0.1, 0.15) is 0 Å². The molecule has 2 aromatic rings. The number of benzene rings is 2. The van der Waals surface area contributed by atoms with E-state index in [0.29, 0.717) is 12.0 Å². The molecule has 0 saturated carbocycles. The van der Waals surface area contributed by atoms with Gasteiger partial charge in [-0.2, -0.15) is 0 Å². The van der Waals surface area contributed by atoms with Gasteiger partial charge in [-0.05, 0) is 30.7 Å². The van der Waals surface area contributed by atoms with E-state index in [9.17, 15) is 0 Å². The van der Waals surface area contributed by atoms with Crippen LogP contribution in [0.25, 0.3) is 10.8 Å². The van der Waals surface area contributed by atoms with Gasteiger partial charge in [-0.1, -0.05) is 50.2 Å². The van der Waals surface area contributed by atoms with Crippen molar-refractivity contribution in [1.82, 2.24) is 0 Å². The molecule has 2 rings (SSSR count). The molecule has 0 fully saturated rings. The zero-order valence-corrected chi connectivity index (χ0v) is 12.1. The van der Waals surface area contributed by atoms with Gasteiger partial charge in [-0.15, -0.1) is 0 Å². The third-order valence-corrected chi connectivity index (χ3v) is 3.68. The minimum absolute atomic E-state index is 0.508. The van der Waals surface area contributed by atoms with Crippen LogP contribution in [0.2, 0.25) is 0 Å². The summed E-state index contributed by atoms with van der Waals surface area (Å²) in [6, 6.07) is 13.7. The Kier molecular flexibility index (Phi) is 3.60. The third kappa shape index (κ3) is 2.22. The number of anilines is 1. The molecule has 0 radical (unpaired) electrons. The summed E-state index contributed by atoms with van der Waals surface area (Å²) < 4.78 is 0. The summed E-state index contributed by atoms with van der Waals surface area (Å²) >= 11 is 0. The lowest BCUT2D eigenvalue weighted by Gasteiger charge is -2.29. The van der Waals surface area contributed by atoms with Gasteiger partial charge in [0, 0.05) is 24.2 Å². The Balaban J connectivity index is 2.74. The van der Waals surface area contributed by atoms with Gasteiger partial charge in [-0.25, -0.2) is 0 Å². The van der Waals surface area contributed by atoms with E-state index < -0.39 is 0 Å². The molecule has 0 spiro atoms. The second-order valence-corrected chi connectivity index (χ2v) is 5.58. The van der Waals surface area contributed by atoms with Crippen LogP contribution < -0.4 is 4.90 Å². The van der Waals surface area contributed by atoms with Crippen LogP contribution in [0.5, 0.6) is 0 Å². The summed E-state index contributed by atoms with van der Waals surface area (Å²) in [4.78, 5) is 2.39. The third-order valence-electron chi connectivity index (χ3n) is 3.68. The first-order valence-corrected chi connectivity index (χ1v) is 6.77. The topological polar surface area (TPSA) is 3.24 Å². The molecule has 0 unspecified atom stereocenters. The molecule has 0 saturated heterocycles. The molecule has 0 aliphatic heterocycles. The van der Waals surface area contributed by atoms with Gasteiger partial charge in [0.15, 0.2) is 0 Å². The fourth-order valence-corrected chi connectivity index (χ4v) is 2.39. The summed E-state index contributed by atoms with van der Waals surface area (Å²) in [6.07, 6.45) is 0. The Bertz CT molecular complexity index is 540. The van der Waals surface area contributed by atoms with Crippen LogP contribution in [0.15, 0.2) is 36.4 Å².